The predicted octanol–water partition coefficient (Wildman–Crippen LogP) is 2.41. The zero-order chi connectivity index (χ0) is 19.3. The van der Waals surface area contributed by atoms with Crippen LogP contribution in [0.15, 0.2) is 54.6 Å². The normalized spacial score (nSPS) is 19.3. The maximum Gasteiger partial charge on any atom is 0.326 e. The molecule has 1 aromatic heterocycles. The van der Waals surface area contributed by atoms with Gasteiger partial charge in [0.25, 0.3) is 5.91 Å². The summed E-state index contributed by atoms with van der Waals surface area (Å²) in [5.74, 6) is 0.112. The Kier molecular flexibility index (Phi) is 5.64. The van der Waals surface area contributed by atoms with Crippen LogP contribution in [0.4, 0.5) is 10.5 Å². The van der Waals surface area contributed by atoms with E-state index in [0.717, 1.165) is 36.5 Å². The number of nitrogens with zero attached hydrogens (tertiary/aromatic N) is 1. The largest absolute Gasteiger partial charge is 0.327 e. The summed E-state index contributed by atoms with van der Waals surface area (Å²) in [6.07, 6.45) is 2.15. The fraction of sp³-hybridized carbons (Fsp3) is 0.286. The van der Waals surface area contributed by atoms with Crippen LogP contribution in [0.5, 0.6) is 0 Å². The first-order valence-corrected chi connectivity index (χ1v) is 10.3. The molecule has 1 aliphatic heterocycles. The molecule has 6 nitrogen and oxygen atoms in total. The number of rotatable bonds is 4. The van der Waals surface area contributed by atoms with Crippen molar-refractivity contribution in [2.24, 2.45) is 0 Å². The summed E-state index contributed by atoms with van der Waals surface area (Å²) in [5.41, 5.74) is 1.71. The number of likely N-dealkylation sites (tertiary alicyclic amines) is 1. The number of hydrogen-bond acceptors (Lipinski definition) is 4. The Morgan fingerprint density at radius 2 is 1.89 bits per heavy atom. The van der Waals surface area contributed by atoms with Crippen LogP contribution in [0.1, 0.15) is 23.8 Å². The maximum atomic E-state index is 12.3. The van der Waals surface area contributed by atoms with Crippen LogP contribution < -0.4 is 15.5 Å². The van der Waals surface area contributed by atoms with E-state index in [-0.39, 0.29) is 5.91 Å². The van der Waals surface area contributed by atoms with Crippen molar-refractivity contribution in [3.63, 3.8) is 0 Å². The van der Waals surface area contributed by atoms with E-state index >= 15 is 0 Å². The SMILES string of the molecule is O=C(C[NH+]1CCC[C@@H](c2nc3ccccc3s2)C1)NC(=O)Nc1ccccc1. The molecule has 2 heterocycles. The van der Waals surface area contributed by atoms with Crippen LogP contribution in [0, 0.1) is 0 Å². The van der Waals surface area contributed by atoms with Crippen molar-refractivity contribution in [3.05, 3.63) is 59.6 Å². The molecule has 2 atom stereocenters. The third-order valence-corrected chi connectivity index (χ3v) is 6.17. The first-order chi connectivity index (χ1) is 13.7. The second-order valence-electron chi connectivity index (χ2n) is 7.11. The van der Waals surface area contributed by atoms with Gasteiger partial charge < -0.3 is 10.2 Å². The second-order valence-corrected chi connectivity index (χ2v) is 8.17. The average Bonchev–Trinajstić information content (AvgIpc) is 3.13. The van der Waals surface area contributed by atoms with Gasteiger partial charge in [0.2, 0.25) is 0 Å². The monoisotopic (exact) mass is 395 g/mol. The van der Waals surface area contributed by atoms with Crippen molar-refractivity contribution in [3.8, 4) is 0 Å². The molecule has 1 aliphatic rings. The number of carbonyl (C=O) groups excluding carboxylic acids is 2. The summed E-state index contributed by atoms with van der Waals surface area (Å²) < 4.78 is 1.21. The number of urea groups is 1. The fourth-order valence-electron chi connectivity index (χ4n) is 3.67. The maximum absolute atomic E-state index is 12.3. The Labute approximate surface area is 167 Å². The highest BCUT2D eigenvalue weighted by atomic mass is 32.1. The first-order valence-electron chi connectivity index (χ1n) is 9.52. The lowest BCUT2D eigenvalue weighted by atomic mass is 9.99. The van der Waals surface area contributed by atoms with Gasteiger partial charge in [-0.05, 0) is 37.1 Å². The van der Waals surface area contributed by atoms with Crippen molar-refractivity contribution in [2.45, 2.75) is 18.8 Å². The smallest absolute Gasteiger partial charge is 0.326 e. The number of carbonyl (C=O) groups is 2. The molecule has 0 aliphatic carbocycles. The molecule has 1 saturated heterocycles. The van der Waals surface area contributed by atoms with Crippen LogP contribution in [0.2, 0.25) is 0 Å². The van der Waals surface area contributed by atoms with E-state index in [2.05, 4.69) is 16.7 Å². The van der Waals surface area contributed by atoms with Crippen molar-refractivity contribution in [1.29, 1.82) is 0 Å². The lowest BCUT2D eigenvalue weighted by molar-refractivity contribution is -0.898. The zero-order valence-electron chi connectivity index (χ0n) is 15.5. The van der Waals surface area contributed by atoms with Gasteiger partial charge in [-0.2, -0.15) is 0 Å². The molecule has 4 rings (SSSR count). The minimum Gasteiger partial charge on any atom is -0.327 e. The molecule has 28 heavy (non-hydrogen) atoms. The molecular weight excluding hydrogens is 372 g/mol. The Balaban J connectivity index is 1.32. The van der Waals surface area contributed by atoms with Gasteiger partial charge in [-0.15, -0.1) is 11.3 Å². The van der Waals surface area contributed by atoms with Crippen LogP contribution in [0.25, 0.3) is 10.2 Å². The number of fused-ring (bicyclic) bond motifs is 1. The van der Waals surface area contributed by atoms with Gasteiger partial charge in [-0.1, -0.05) is 30.3 Å². The molecule has 0 spiro atoms. The molecule has 1 unspecified atom stereocenters. The number of aromatic nitrogens is 1. The number of quaternary nitrogens is 1. The molecule has 1 fully saturated rings. The molecule has 3 N–H and O–H groups in total. The predicted molar refractivity (Wildman–Crippen MR) is 111 cm³/mol. The Morgan fingerprint density at radius 3 is 2.71 bits per heavy atom. The number of nitrogens with one attached hydrogen (secondary N) is 3. The van der Waals surface area contributed by atoms with E-state index in [1.807, 2.05) is 36.4 Å². The van der Waals surface area contributed by atoms with Gasteiger partial charge in [-0.3, -0.25) is 10.1 Å². The lowest BCUT2D eigenvalue weighted by Crippen LogP contribution is -3.14. The first kappa shape index (κ1) is 18.6. The van der Waals surface area contributed by atoms with Crippen LogP contribution in [-0.2, 0) is 4.79 Å². The van der Waals surface area contributed by atoms with Gasteiger partial charge in [0.05, 0.1) is 29.2 Å². The molecule has 3 amide bonds. The summed E-state index contributed by atoms with van der Waals surface area (Å²) in [7, 11) is 0. The van der Waals surface area contributed by atoms with E-state index in [1.165, 1.54) is 9.60 Å². The van der Waals surface area contributed by atoms with Crippen LogP contribution >= 0.6 is 11.3 Å². The molecule has 144 valence electrons. The van der Waals surface area contributed by atoms with Crippen LogP contribution in [0.3, 0.4) is 0 Å². The molecule has 7 heteroatoms. The standard InChI is InChI=1S/C21H22N4O2S/c26-19(24-21(27)22-16-8-2-1-3-9-16)14-25-12-6-7-15(13-25)20-23-17-10-4-5-11-18(17)28-20/h1-5,8-11,15H,6-7,12-14H2,(H2,22,24,26,27)/p+1/t15-/m1/s1. The number of para-hydroxylation sites is 2. The average molecular weight is 396 g/mol. The van der Waals surface area contributed by atoms with E-state index in [4.69, 9.17) is 4.98 Å². The van der Waals surface area contributed by atoms with Crippen molar-refractivity contribution >= 4 is 39.2 Å². The molecule has 2 aromatic carbocycles. The van der Waals surface area contributed by atoms with E-state index in [0.29, 0.717) is 18.2 Å². The van der Waals surface area contributed by atoms with E-state index < -0.39 is 6.03 Å². The third kappa shape index (κ3) is 4.55. The number of benzene rings is 2. The minimum absolute atomic E-state index is 0.256. The number of thiazole rings is 1. The molecule has 0 saturated carbocycles. The highest BCUT2D eigenvalue weighted by molar-refractivity contribution is 7.18. The van der Waals surface area contributed by atoms with Crippen LogP contribution in [-0.4, -0.2) is 36.6 Å². The van der Waals surface area contributed by atoms with Gasteiger partial charge >= 0.3 is 6.03 Å². The van der Waals surface area contributed by atoms with E-state index in [1.54, 1.807) is 23.5 Å². The summed E-state index contributed by atoms with van der Waals surface area (Å²) in [6.45, 7) is 2.10. The molecule has 3 aromatic rings. The topological polar surface area (TPSA) is 75.5 Å². The number of piperidine rings is 1. The highest BCUT2D eigenvalue weighted by Crippen LogP contribution is 2.30. The van der Waals surface area contributed by atoms with Gasteiger partial charge in [0.1, 0.15) is 5.01 Å². The number of imide groups is 1. The third-order valence-electron chi connectivity index (χ3n) is 4.97. The summed E-state index contributed by atoms with van der Waals surface area (Å²) >= 11 is 1.75. The molecule has 0 bridgehead atoms. The molecular formula is C21H23N4O2S+. The Hall–Kier alpha value is -2.77. The Morgan fingerprint density at radius 1 is 1.11 bits per heavy atom. The number of anilines is 1. The zero-order valence-corrected chi connectivity index (χ0v) is 16.3. The van der Waals surface area contributed by atoms with Gasteiger partial charge in [0.15, 0.2) is 6.54 Å². The van der Waals surface area contributed by atoms with Gasteiger partial charge in [0, 0.05) is 5.69 Å². The number of hydrogen-bond donors (Lipinski definition) is 3. The highest BCUT2D eigenvalue weighted by Gasteiger charge is 2.28. The van der Waals surface area contributed by atoms with Crippen molar-refractivity contribution in [1.82, 2.24) is 10.3 Å². The van der Waals surface area contributed by atoms with Crippen molar-refractivity contribution < 1.29 is 14.5 Å². The van der Waals surface area contributed by atoms with E-state index in [9.17, 15) is 9.59 Å². The summed E-state index contributed by atoms with van der Waals surface area (Å²) in [4.78, 5) is 30.3. The molecule has 0 radical (unpaired) electrons. The fourth-order valence-corrected chi connectivity index (χ4v) is 4.77. The minimum atomic E-state index is -0.490. The Bertz CT molecular complexity index is 940. The lowest BCUT2D eigenvalue weighted by Gasteiger charge is -2.28. The van der Waals surface area contributed by atoms with Crippen molar-refractivity contribution in [2.75, 3.05) is 25.0 Å². The number of amides is 3. The summed E-state index contributed by atoms with van der Waals surface area (Å²) in [5, 5.41) is 6.25. The second kappa shape index (κ2) is 8.50. The quantitative estimate of drug-likeness (QED) is 0.635. The van der Waals surface area contributed by atoms with Gasteiger partial charge in [-0.25, -0.2) is 9.78 Å². The summed E-state index contributed by atoms with van der Waals surface area (Å²) in [6, 6.07) is 16.8.